The Bertz CT molecular complexity index is 290. The first-order valence-corrected chi connectivity index (χ1v) is 4.35. The van der Waals surface area contributed by atoms with Gasteiger partial charge >= 0.3 is 0 Å². The second-order valence-corrected chi connectivity index (χ2v) is 3.29. The van der Waals surface area contributed by atoms with Crippen molar-refractivity contribution in [3.63, 3.8) is 0 Å². The fourth-order valence-electron chi connectivity index (χ4n) is 0.743. The lowest BCUT2D eigenvalue weighted by atomic mass is 10.3. The van der Waals surface area contributed by atoms with Crippen molar-refractivity contribution in [2.24, 2.45) is 0 Å². The molecule has 1 rings (SSSR count). The quantitative estimate of drug-likeness (QED) is 0.556. The van der Waals surface area contributed by atoms with Crippen LogP contribution in [0.5, 0.6) is 0 Å². The lowest BCUT2D eigenvalue weighted by molar-refractivity contribution is 0.373. The van der Waals surface area contributed by atoms with Gasteiger partial charge in [0.25, 0.3) is 0 Å². The van der Waals surface area contributed by atoms with Crippen LogP contribution in [0.1, 0.15) is 0 Å². The normalized spacial score (nSPS) is 11.3. The van der Waals surface area contributed by atoms with Crippen LogP contribution in [-0.4, -0.2) is 11.5 Å². The third-order valence-corrected chi connectivity index (χ3v) is 2.20. The second kappa shape index (κ2) is 3.87. The molecule has 1 aromatic rings. The molecule has 0 aliphatic heterocycles. The molecular weight excluding hydrogens is 188 g/mol. The average Bonchev–Trinajstić information content (AvgIpc) is 2.01. The van der Waals surface area contributed by atoms with Gasteiger partial charge in [-0.25, -0.2) is 13.2 Å². The summed E-state index contributed by atoms with van der Waals surface area (Å²) in [6, 6.07) is 1.24. The minimum absolute atomic E-state index is 0.0106. The second-order valence-electron chi connectivity index (χ2n) is 2.08. The van der Waals surface area contributed by atoms with Gasteiger partial charge in [0.15, 0.2) is 11.6 Å². The molecule has 0 radical (unpaired) electrons. The molecule has 0 fully saturated rings. The molecule has 0 saturated heterocycles. The van der Waals surface area contributed by atoms with Gasteiger partial charge in [0, 0.05) is 11.4 Å². The zero-order valence-corrected chi connectivity index (χ0v) is 6.94. The van der Waals surface area contributed by atoms with Crippen LogP contribution in [0.2, 0.25) is 0 Å². The fraction of sp³-hybridized carbons (Fsp3) is 0.143. The summed E-state index contributed by atoms with van der Waals surface area (Å²) < 4.78 is 37.5. The molecule has 0 saturated carbocycles. The summed E-state index contributed by atoms with van der Waals surface area (Å²) in [4.78, 5) is 0. The third-order valence-electron chi connectivity index (χ3n) is 1.28. The number of aliphatic hydroxyl groups is 1. The fourth-order valence-corrected chi connectivity index (χ4v) is 1.38. The van der Waals surface area contributed by atoms with Crippen LogP contribution in [0, 0.1) is 17.5 Å². The number of benzene rings is 1. The van der Waals surface area contributed by atoms with Crippen molar-refractivity contribution in [1.82, 2.24) is 0 Å². The van der Waals surface area contributed by atoms with Crippen molar-refractivity contribution >= 4 is 13.9 Å². The van der Waals surface area contributed by atoms with E-state index in [4.69, 9.17) is 5.11 Å². The summed E-state index contributed by atoms with van der Waals surface area (Å²) in [6.07, 6.45) is -0.262. The highest BCUT2D eigenvalue weighted by molar-refractivity contribution is 7.46. The molecule has 0 aromatic heterocycles. The lowest BCUT2D eigenvalue weighted by Crippen LogP contribution is -2.05. The van der Waals surface area contributed by atoms with Crippen LogP contribution >= 0.6 is 8.58 Å². The largest absolute Gasteiger partial charge is 0.392 e. The van der Waals surface area contributed by atoms with Gasteiger partial charge < -0.3 is 5.11 Å². The summed E-state index contributed by atoms with van der Waals surface area (Å²) >= 11 is 0. The van der Waals surface area contributed by atoms with Crippen molar-refractivity contribution in [2.75, 3.05) is 6.35 Å². The molecule has 0 aliphatic carbocycles. The van der Waals surface area contributed by atoms with E-state index in [0.29, 0.717) is 6.07 Å². The first-order valence-electron chi connectivity index (χ1n) is 3.14. The van der Waals surface area contributed by atoms with Crippen LogP contribution in [0.15, 0.2) is 12.1 Å². The summed E-state index contributed by atoms with van der Waals surface area (Å²) in [7, 11) is -0.247. The highest BCUT2D eigenvalue weighted by Gasteiger charge is 2.08. The Morgan fingerprint density at radius 1 is 1.08 bits per heavy atom. The lowest BCUT2D eigenvalue weighted by Gasteiger charge is -2.01. The molecule has 66 valence electrons. The van der Waals surface area contributed by atoms with E-state index in [-0.39, 0.29) is 20.2 Å². The van der Waals surface area contributed by atoms with Gasteiger partial charge in [0.05, 0.1) is 6.35 Å². The number of rotatable bonds is 2. The Morgan fingerprint density at radius 2 is 1.67 bits per heavy atom. The predicted octanol–water partition coefficient (Wildman–Crippen LogP) is 1.36. The number of hydrogen-bond acceptors (Lipinski definition) is 1. The van der Waals surface area contributed by atoms with E-state index in [1.165, 1.54) is 0 Å². The van der Waals surface area contributed by atoms with Gasteiger partial charge in [-0.2, -0.15) is 0 Å². The molecule has 5 heteroatoms. The highest BCUT2D eigenvalue weighted by Crippen LogP contribution is 2.14. The van der Waals surface area contributed by atoms with Crippen molar-refractivity contribution in [3.8, 4) is 0 Å². The van der Waals surface area contributed by atoms with Gasteiger partial charge in [-0.05, 0) is 6.07 Å². The minimum Gasteiger partial charge on any atom is -0.392 e. The molecule has 0 spiro atoms. The molecule has 1 atom stereocenters. The van der Waals surface area contributed by atoms with Crippen molar-refractivity contribution in [1.29, 1.82) is 0 Å². The highest BCUT2D eigenvalue weighted by atomic mass is 31.1. The molecule has 0 amide bonds. The van der Waals surface area contributed by atoms with E-state index in [1.807, 2.05) is 0 Å². The molecule has 1 N–H and O–H groups in total. The Morgan fingerprint density at radius 3 is 2.25 bits per heavy atom. The van der Waals surface area contributed by atoms with E-state index >= 15 is 0 Å². The monoisotopic (exact) mass is 194 g/mol. The van der Waals surface area contributed by atoms with E-state index in [0.717, 1.165) is 6.07 Å². The van der Waals surface area contributed by atoms with Crippen molar-refractivity contribution in [3.05, 3.63) is 29.6 Å². The van der Waals surface area contributed by atoms with E-state index < -0.39 is 17.5 Å². The molecular formula is C7H6F3OP. The van der Waals surface area contributed by atoms with E-state index in [2.05, 4.69) is 0 Å². The summed E-state index contributed by atoms with van der Waals surface area (Å²) in [6.45, 7) is 0. The molecule has 1 aromatic carbocycles. The maximum absolute atomic E-state index is 12.7. The van der Waals surface area contributed by atoms with Crippen LogP contribution in [0.4, 0.5) is 13.2 Å². The minimum atomic E-state index is -1.21. The molecule has 1 nitrogen and oxygen atoms in total. The maximum atomic E-state index is 12.7. The molecule has 0 heterocycles. The summed E-state index contributed by atoms with van der Waals surface area (Å²) in [5.41, 5.74) is 0. The van der Waals surface area contributed by atoms with E-state index in [9.17, 15) is 13.2 Å². The Labute approximate surface area is 69.0 Å². The SMILES string of the molecule is OCPc1cc(F)c(F)cc1F. The Hall–Kier alpha value is -0.600. The number of aliphatic hydroxyl groups excluding tert-OH is 1. The predicted molar refractivity (Wildman–Crippen MR) is 41.4 cm³/mol. The van der Waals surface area contributed by atoms with Gasteiger partial charge in [-0.3, -0.25) is 0 Å². The Kier molecular flexibility index (Phi) is 3.06. The summed E-state index contributed by atoms with van der Waals surface area (Å²) in [5, 5.41) is 8.44. The first kappa shape index (κ1) is 9.49. The van der Waals surface area contributed by atoms with E-state index in [1.54, 1.807) is 0 Å². The van der Waals surface area contributed by atoms with Gasteiger partial charge in [-0.1, -0.05) is 8.58 Å². The molecule has 1 unspecified atom stereocenters. The van der Waals surface area contributed by atoms with Crippen molar-refractivity contribution in [2.45, 2.75) is 0 Å². The number of halogens is 3. The standard InChI is InChI=1S/C7H6F3OP/c8-4-1-6(10)7(12-3-11)2-5(4)9/h1-2,11-12H,3H2. The maximum Gasteiger partial charge on any atom is 0.161 e. The van der Waals surface area contributed by atoms with Crippen LogP contribution in [-0.2, 0) is 0 Å². The molecule has 0 bridgehead atoms. The zero-order valence-electron chi connectivity index (χ0n) is 5.94. The van der Waals surface area contributed by atoms with Crippen LogP contribution in [0.3, 0.4) is 0 Å². The third kappa shape index (κ3) is 1.96. The van der Waals surface area contributed by atoms with Crippen LogP contribution in [0.25, 0.3) is 0 Å². The van der Waals surface area contributed by atoms with Crippen LogP contribution < -0.4 is 5.30 Å². The molecule has 12 heavy (non-hydrogen) atoms. The smallest absolute Gasteiger partial charge is 0.161 e. The average molecular weight is 194 g/mol. The zero-order chi connectivity index (χ0) is 9.14. The van der Waals surface area contributed by atoms with Gasteiger partial charge in [-0.15, -0.1) is 0 Å². The topological polar surface area (TPSA) is 20.2 Å². The summed E-state index contributed by atoms with van der Waals surface area (Å²) in [5.74, 6) is -3.12. The molecule has 0 aliphatic rings. The van der Waals surface area contributed by atoms with Crippen molar-refractivity contribution < 1.29 is 18.3 Å². The van der Waals surface area contributed by atoms with Gasteiger partial charge in [0.2, 0.25) is 0 Å². The van der Waals surface area contributed by atoms with Gasteiger partial charge in [0.1, 0.15) is 5.82 Å². The number of hydrogen-bond donors (Lipinski definition) is 1. The Balaban J connectivity index is 3.05. The first-order chi connectivity index (χ1) is 5.65.